The van der Waals surface area contributed by atoms with Gasteiger partial charge in [0.1, 0.15) is 5.75 Å². The molecule has 0 aromatic heterocycles. The highest BCUT2D eigenvalue weighted by atomic mass is 32.2. The normalized spacial score (nSPS) is 15.3. The van der Waals surface area contributed by atoms with E-state index in [1.165, 1.54) is 53.9 Å². The van der Waals surface area contributed by atoms with E-state index >= 15 is 0 Å². The first-order valence-electron chi connectivity index (χ1n) is 10.3. The zero-order valence-corrected chi connectivity index (χ0v) is 19.6. The van der Waals surface area contributed by atoms with Gasteiger partial charge in [0.2, 0.25) is 20.0 Å². The van der Waals surface area contributed by atoms with Gasteiger partial charge < -0.3 is 10.1 Å². The zero-order valence-electron chi connectivity index (χ0n) is 18.0. The van der Waals surface area contributed by atoms with E-state index in [1.807, 2.05) is 0 Å². The van der Waals surface area contributed by atoms with Gasteiger partial charge in [-0.25, -0.2) is 21.6 Å². The Morgan fingerprint density at radius 2 is 1.59 bits per heavy atom. The molecular formula is C21H27N3O6S2. The summed E-state index contributed by atoms with van der Waals surface area (Å²) in [5, 5.41) is 2.66. The Morgan fingerprint density at radius 3 is 2.19 bits per heavy atom. The average Bonchev–Trinajstić information content (AvgIpc) is 2.79. The molecule has 1 saturated heterocycles. The molecule has 0 bridgehead atoms. The molecule has 9 nitrogen and oxygen atoms in total. The summed E-state index contributed by atoms with van der Waals surface area (Å²) >= 11 is 0. The molecule has 1 aliphatic rings. The minimum atomic E-state index is -3.75. The first kappa shape index (κ1) is 24.2. The van der Waals surface area contributed by atoms with Gasteiger partial charge in [-0.3, -0.25) is 4.79 Å². The van der Waals surface area contributed by atoms with Crippen LogP contribution in [0.3, 0.4) is 0 Å². The predicted molar refractivity (Wildman–Crippen MR) is 121 cm³/mol. The lowest BCUT2D eigenvalue weighted by molar-refractivity contribution is 0.102. The van der Waals surface area contributed by atoms with Crippen molar-refractivity contribution in [3.63, 3.8) is 0 Å². The molecule has 0 spiro atoms. The SMILES string of the molecule is CCNS(=O)(=O)c1ccc(OC)c(C(=O)Nc2ccc(S(=O)(=O)N3CCCCC3)cc2)c1. The molecule has 0 radical (unpaired) electrons. The zero-order chi connectivity index (χ0) is 23.4. The van der Waals surface area contributed by atoms with E-state index in [-0.39, 0.29) is 27.6 Å². The van der Waals surface area contributed by atoms with Gasteiger partial charge in [-0.15, -0.1) is 0 Å². The maximum atomic E-state index is 12.8. The molecule has 0 atom stereocenters. The lowest BCUT2D eigenvalue weighted by Crippen LogP contribution is -2.35. The number of nitrogens with zero attached hydrogens (tertiary/aromatic N) is 1. The molecule has 32 heavy (non-hydrogen) atoms. The number of sulfonamides is 2. The summed E-state index contributed by atoms with van der Waals surface area (Å²) in [6.07, 6.45) is 2.72. The summed E-state index contributed by atoms with van der Waals surface area (Å²) in [4.78, 5) is 12.9. The minimum absolute atomic E-state index is 0.0384. The molecule has 1 fully saturated rings. The monoisotopic (exact) mass is 481 g/mol. The van der Waals surface area contributed by atoms with Gasteiger partial charge in [-0.05, 0) is 55.3 Å². The molecule has 1 amide bonds. The van der Waals surface area contributed by atoms with E-state index in [1.54, 1.807) is 6.92 Å². The van der Waals surface area contributed by atoms with Gasteiger partial charge in [0.15, 0.2) is 0 Å². The summed E-state index contributed by atoms with van der Waals surface area (Å²) < 4.78 is 59.2. The number of ether oxygens (including phenoxy) is 1. The van der Waals surface area contributed by atoms with Crippen molar-refractivity contribution in [3.05, 3.63) is 48.0 Å². The van der Waals surface area contributed by atoms with Crippen LogP contribution in [0.1, 0.15) is 36.5 Å². The Kier molecular flexibility index (Phi) is 7.55. The van der Waals surface area contributed by atoms with Crippen molar-refractivity contribution in [2.75, 3.05) is 32.1 Å². The van der Waals surface area contributed by atoms with Crippen LogP contribution in [0, 0.1) is 0 Å². The second-order valence-corrected chi connectivity index (χ2v) is 11.0. The highest BCUT2D eigenvalue weighted by Crippen LogP contribution is 2.25. The number of hydrogen-bond acceptors (Lipinski definition) is 6. The largest absolute Gasteiger partial charge is 0.496 e. The van der Waals surface area contributed by atoms with Gasteiger partial charge in [-0.1, -0.05) is 13.3 Å². The summed E-state index contributed by atoms with van der Waals surface area (Å²) in [6, 6.07) is 9.90. The Hall–Kier alpha value is -2.47. The third kappa shape index (κ3) is 5.29. The first-order valence-corrected chi connectivity index (χ1v) is 13.2. The fourth-order valence-corrected chi connectivity index (χ4v) is 6.05. The average molecular weight is 482 g/mol. The summed E-state index contributed by atoms with van der Waals surface area (Å²) in [6.45, 7) is 2.88. The van der Waals surface area contributed by atoms with Gasteiger partial charge in [0.25, 0.3) is 5.91 Å². The number of benzene rings is 2. The fourth-order valence-electron chi connectivity index (χ4n) is 3.47. The van der Waals surface area contributed by atoms with Gasteiger partial charge in [0.05, 0.1) is 22.5 Å². The Balaban J connectivity index is 1.81. The highest BCUT2D eigenvalue weighted by Gasteiger charge is 2.26. The van der Waals surface area contributed by atoms with E-state index in [0.29, 0.717) is 18.8 Å². The van der Waals surface area contributed by atoms with Crippen molar-refractivity contribution in [1.82, 2.24) is 9.03 Å². The molecule has 0 saturated carbocycles. The number of piperidine rings is 1. The lowest BCUT2D eigenvalue weighted by atomic mass is 10.2. The summed E-state index contributed by atoms with van der Waals surface area (Å²) in [5.41, 5.74) is 0.408. The number of nitrogens with one attached hydrogen (secondary N) is 2. The smallest absolute Gasteiger partial charge is 0.259 e. The number of rotatable bonds is 8. The van der Waals surface area contributed by atoms with Crippen LogP contribution in [-0.2, 0) is 20.0 Å². The van der Waals surface area contributed by atoms with Crippen LogP contribution in [0.5, 0.6) is 5.75 Å². The minimum Gasteiger partial charge on any atom is -0.496 e. The van der Waals surface area contributed by atoms with Gasteiger partial charge in [0, 0.05) is 25.3 Å². The lowest BCUT2D eigenvalue weighted by Gasteiger charge is -2.25. The van der Waals surface area contributed by atoms with Crippen molar-refractivity contribution in [1.29, 1.82) is 0 Å². The van der Waals surface area contributed by atoms with Crippen molar-refractivity contribution in [2.45, 2.75) is 36.0 Å². The molecule has 174 valence electrons. The number of carbonyl (C=O) groups is 1. The van der Waals surface area contributed by atoms with Crippen molar-refractivity contribution in [3.8, 4) is 5.75 Å². The Labute approximate surface area is 188 Å². The fraction of sp³-hybridized carbons (Fsp3) is 0.381. The number of hydrogen-bond donors (Lipinski definition) is 2. The quantitative estimate of drug-likeness (QED) is 0.597. The van der Waals surface area contributed by atoms with Crippen molar-refractivity contribution >= 4 is 31.6 Å². The Bertz CT molecular complexity index is 1170. The summed E-state index contributed by atoms with van der Waals surface area (Å²) in [7, 11) is -5.94. The first-order chi connectivity index (χ1) is 15.2. The standard InChI is InChI=1S/C21H27N3O6S2/c1-3-22-31(26,27)18-11-12-20(30-2)19(15-18)21(25)23-16-7-9-17(10-8-16)32(28,29)24-13-5-4-6-14-24/h7-12,15,22H,3-6,13-14H2,1-2H3,(H,23,25). The van der Waals surface area contributed by atoms with Crippen LogP contribution in [-0.4, -0.2) is 53.8 Å². The van der Waals surface area contributed by atoms with Crippen LogP contribution in [0.25, 0.3) is 0 Å². The number of amides is 1. The predicted octanol–water partition coefficient (Wildman–Crippen LogP) is 2.42. The molecule has 0 aliphatic carbocycles. The van der Waals surface area contributed by atoms with E-state index in [4.69, 9.17) is 4.74 Å². The Morgan fingerprint density at radius 1 is 0.969 bits per heavy atom. The third-order valence-electron chi connectivity index (χ3n) is 5.13. The maximum absolute atomic E-state index is 12.8. The van der Waals surface area contributed by atoms with Crippen LogP contribution in [0.2, 0.25) is 0 Å². The molecule has 3 rings (SSSR count). The van der Waals surface area contributed by atoms with Crippen LogP contribution < -0.4 is 14.8 Å². The second-order valence-electron chi connectivity index (χ2n) is 7.31. The van der Waals surface area contributed by atoms with E-state index in [0.717, 1.165) is 19.3 Å². The van der Waals surface area contributed by atoms with Crippen LogP contribution in [0.4, 0.5) is 5.69 Å². The topological polar surface area (TPSA) is 122 Å². The third-order valence-corrected chi connectivity index (χ3v) is 8.58. The van der Waals surface area contributed by atoms with Gasteiger partial charge in [-0.2, -0.15) is 4.31 Å². The second kappa shape index (κ2) is 9.99. The number of methoxy groups -OCH3 is 1. The molecule has 0 unspecified atom stereocenters. The van der Waals surface area contributed by atoms with E-state index in [2.05, 4.69) is 10.0 Å². The number of anilines is 1. The summed E-state index contributed by atoms with van der Waals surface area (Å²) in [5.74, 6) is -0.371. The molecule has 2 N–H and O–H groups in total. The highest BCUT2D eigenvalue weighted by molar-refractivity contribution is 7.89. The molecule has 2 aromatic rings. The van der Waals surface area contributed by atoms with E-state index < -0.39 is 26.0 Å². The van der Waals surface area contributed by atoms with E-state index in [9.17, 15) is 21.6 Å². The maximum Gasteiger partial charge on any atom is 0.259 e. The number of carbonyl (C=O) groups excluding carboxylic acids is 1. The van der Waals surface area contributed by atoms with Crippen molar-refractivity contribution in [2.24, 2.45) is 0 Å². The molecular weight excluding hydrogens is 454 g/mol. The molecule has 11 heteroatoms. The van der Waals surface area contributed by atoms with Crippen LogP contribution >= 0.6 is 0 Å². The van der Waals surface area contributed by atoms with Gasteiger partial charge >= 0.3 is 0 Å². The molecule has 2 aromatic carbocycles. The van der Waals surface area contributed by atoms with Crippen LogP contribution in [0.15, 0.2) is 52.3 Å². The molecule has 1 heterocycles. The van der Waals surface area contributed by atoms with Crippen molar-refractivity contribution < 1.29 is 26.4 Å². The molecule has 1 aliphatic heterocycles.